The Bertz CT molecular complexity index is 2680. The van der Waals surface area contributed by atoms with Crippen LogP contribution < -0.4 is 29.7 Å². The minimum absolute atomic E-state index is 0.0414. The molecule has 0 fully saturated rings. The number of carbonyl (C=O) groups excluding carboxylic acids is 1. The van der Waals surface area contributed by atoms with Gasteiger partial charge in [-0.3, -0.25) is 9.59 Å². The number of para-hydroxylation sites is 2. The van der Waals surface area contributed by atoms with E-state index in [2.05, 4.69) is 5.32 Å². The molecule has 0 spiro atoms. The van der Waals surface area contributed by atoms with Gasteiger partial charge < -0.3 is 28.7 Å². The number of carbonyl (C=O) groups is 1. The molecule has 0 bridgehead atoms. The van der Waals surface area contributed by atoms with E-state index in [1.165, 1.54) is 0 Å². The molecule has 8 heteroatoms. The molecular formula is C50H39NO7. The monoisotopic (exact) mass is 765 g/mol. The molecule has 1 amide bonds. The van der Waals surface area contributed by atoms with Gasteiger partial charge in [-0.1, -0.05) is 140 Å². The summed E-state index contributed by atoms with van der Waals surface area (Å²) >= 11 is 0. The van der Waals surface area contributed by atoms with Crippen LogP contribution in [0.1, 0.15) is 32.6 Å². The Hall–Kier alpha value is -7.58. The topological polar surface area (TPSA) is 96.2 Å². The van der Waals surface area contributed by atoms with Crippen LogP contribution in [-0.2, 0) is 26.4 Å². The standard InChI is InChI=1S/C50H39NO7/c52-47-40-24-13-14-26-42(40)58-48(39-28-29-43(54-31-35-16-5-1-6-17-35)45(30-39)56-33-37-20-9-3-10-21-37)46(47)51-50(53)41-25-15-27-44(55-32-36-18-7-2-8-19-36)49(41)57-34-38-22-11-4-12-23-38/h1-30H,31-34H2,(H,51,53). The van der Waals surface area contributed by atoms with Gasteiger partial charge in [0.1, 0.15) is 37.7 Å². The second-order valence-corrected chi connectivity index (χ2v) is 13.5. The molecule has 1 heterocycles. The fraction of sp³-hybridized carbons (Fsp3) is 0.0800. The first-order chi connectivity index (χ1) is 28.6. The SMILES string of the molecule is O=C(Nc1c(-c2ccc(OCc3ccccc3)c(OCc3ccccc3)c2)oc2ccccc2c1=O)c1cccc(OCc2ccccc2)c1OCc1ccccc1. The number of benzene rings is 7. The van der Waals surface area contributed by atoms with Crippen molar-refractivity contribution >= 4 is 22.6 Å². The van der Waals surface area contributed by atoms with E-state index in [-0.39, 0.29) is 42.6 Å². The van der Waals surface area contributed by atoms with E-state index in [0.717, 1.165) is 22.3 Å². The predicted octanol–water partition coefficient (Wildman–Crippen LogP) is 11.0. The molecule has 7 aromatic carbocycles. The summed E-state index contributed by atoms with van der Waals surface area (Å²) in [7, 11) is 0. The first-order valence-electron chi connectivity index (χ1n) is 18.9. The summed E-state index contributed by atoms with van der Waals surface area (Å²) in [6, 6.07) is 56.4. The Kier molecular flexibility index (Phi) is 11.5. The molecule has 0 saturated heterocycles. The molecule has 0 aliphatic carbocycles. The quantitative estimate of drug-likeness (QED) is 0.111. The lowest BCUT2D eigenvalue weighted by Crippen LogP contribution is -2.20. The van der Waals surface area contributed by atoms with Crippen molar-refractivity contribution in [1.82, 2.24) is 0 Å². The number of nitrogens with one attached hydrogen (secondary N) is 1. The van der Waals surface area contributed by atoms with Crippen LogP contribution in [0.15, 0.2) is 191 Å². The largest absolute Gasteiger partial charge is 0.485 e. The molecule has 0 unspecified atom stereocenters. The average Bonchev–Trinajstić information content (AvgIpc) is 3.28. The Morgan fingerprint density at radius 3 is 1.57 bits per heavy atom. The molecule has 8 rings (SSSR count). The molecule has 8 aromatic rings. The second-order valence-electron chi connectivity index (χ2n) is 13.5. The molecule has 0 aliphatic heterocycles. The molecule has 1 aromatic heterocycles. The highest BCUT2D eigenvalue weighted by molar-refractivity contribution is 6.09. The summed E-state index contributed by atoms with van der Waals surface area (Å²) in [6.45, 7) is 1.02. The van der Waals surface area contributed by atoms with Crippen molar-refractivity contribution < 1.29 is 28.2 Å². The molecule has 0 radical (unpaired) electrons. The van der Waals surface area contributed by atoms with Crippen molar-refractivity contribution in [2.75, 3.05) is 5.32 Å². The average molecular weight is 766 g/mol. The van der Waals surface area contributed by atoms with Crippen molar-refractivity contribution in [2.24, 2.45) is 0 Å². The van der Waals surface area contributed by atoms with Crippen LogP contribution in [0.5, 0.6) is 23.0 Å². The van der Waals surface area contributed by atoms with Crippen LogP contribution in [0.25, 0.3) is 22.3 Å². The third kappa shape index (κ3) is 8.93. The summed E-state index contributed by atoms with van der Waals surface area (Å²) < 4.78 is 31.7. The summed E-state index contributed by atoms with van der Waals surface area (Å²) in [6.07, 6.45) is 0. The first-order valence-corrected chi connectivity index (χ1v) is 18.9. The minimum Gasteiger partial charge on any atom is -0.485 e. The maximum Gasteiger partial charge on any atom is 0.259 e. The van der Waals surface area contributed by atoms with E-state index in [9.17, 15) is 9.59 Å². The summed E-state index contributed by atoms with van der Waals surface area (Å²) in [5.41, 5.74) is 4.40. The third-order valence-corrected chi connectivity index (χ3v) is 9.40. The smallest absolute Gasteiger partial charge is 0.259 e. The molecule has 286 valence electrons. The number of hydrogen-bond acceptors (Lipinski definition) is 7. The van der Waals surface area contributed by atoms with Gasteiger partial charge >= 0.3 is 0 Å². The van der Waals surface area contributed by atoms with Crippen LogP contribution in [0, 0.1) is 0 Å². The fourth-order valence-corrected chi connectivity index (χ4v) is 6.41. The number of ether oxygens (including phenoxy) is 4. The Labute approximate surface area is 335 Å². The molecule has 58 heavy (non-hydrogen) atoms. The van der Waals surface area contributed by atoms with Crippen LogP contribution in [0.3, 0.4) is 0 Å². The highest BCUT2D eigenvalue weighted by Crippen LogP contribution is 2.38. The van der Waals surface area contributed by atoms with E-state index in [4.69, 9.17) is 23.4 Å². The van der Waals surface area contributed by atoms with Crippen LogP contribution >= 0.6 is 0 Å². The molecule has 0 aliphatic rings. The van der Waals surface area contributed by atoms with Crippen molar-refractivity contribution in [3.05, 3.63) is 220 Å². The molecule has 0 saturated carbocycles. The number of rotatable bonds is 15. The maximum absolute atomic E-state index is 14.5. The lowest BCUT2D eigenvalue weighted by Gasteiger charge is -2.18. The second kappa shape index (κ2) is 17.9. The van der Waals surface area contributed by atoms with E-state index >= 15 is 0 Å². The highest BCUT2D eigenvalue weighted by Gasteiger charge is 2.24. The van der Waals surface area contributed by atoms with Crippen LogP contribution in [0.2, 0.25) is 0 Å². The van der Waals surface area contributed by atoms with Gasteiger partial charge in [0.25, 0.3) is 5.91 Å². The molecule has 8 nitrogen and oxygen atoms in total. The Morgan fingerprint density at radius 1 is 0.483 bits per heavy atom. The zero-order chi connectivity index (χ0) is 39.5. The van der Waals surface area contributed by atoms with Gasteiger partial charge in [-0.25, -0.2) is 0 Å². The van der Waals surface area contributed by atoms with Crippen LogP contribution in [-0.4, -0.2) is 5.91 Å². The molecular weight excluding hydrogens is 727 g/mol. The van der Waals surface area contributed by atoms with Crippen molar-refractivity contribution in [2.45, 2.75) is 26.4 Å². The number of hydrogen-bond donors (Lipinski definition) is 1. The zero-order valence-corrected chi connectivity index (χ0v) is 31.5. The number of fused-ring (bicyclic) bond motifs is 1. The normalized spacial score (nSPS) is 10.8. The number of amides is 1. The summed E-state index contributed by atoms with van der Waals surface area (Å²) in [5, 5.41) is 3.22. The van der Waals surface area contributed by atoms with Gasteiger partial charge in [-0.2, -0.15) is 0 Å². The van der Waals surface area contributed by atoms with Gasteiger partial charge in [0.05, 0.1) is 10.9 Å². The lowest BCUT2D eigenvalue weighted by atomic mass is 10.1. The summed E-state index contributed by atoms with van der Waals surface area (Å²) in [5.74, 6) is 1.13. The summed E-state index contributed by atoms with van der Waals surface area (Å²) in [4.78, 5) is 28.8. The fourth-order valence-electron chi connectivity index (χ4n) is 6.41. The van der Waals surface area contributed by atoms with Gasteiger partial charge in [0, 0.05) is 5.56 Å². The van der Waals surface area contributed by atoms with Gasteiger partial charge in [-0.05, 0) is 64.7 Å². The first kappa shape index (κ1) is 37.3. The molecule has 1 N–H and O–H groups in total. The van der Waals surface area contributed by atoms with E-state index in [1.54, 1.807) is 60.7 Å². The maximum atomic E-state index is 14.5. The van der Waals surface area contributed by atoms with Crippen molar-refractivity contribution in [3.63, 3.8) is 0 Å². The van der Waals surface area contributed by atoms with Gasteiger partial charge in [0.2, 0.25) is 5.43 Å². The Balaban J connectivity index is 1.17. The van der Waals surface area contributed by atoms with E-state index < -0.39 is 11.3 Å². The zero-order valence-electron chi connectivity index (χ0n) is 31.5. The van der Waals surface area contributed by atoms with Crippen LogP contribution in [0.4, 0.5) is 5.69 Å². The van der Waals surface area contributed by atoms with Crippen molar-refractivity contribution in [3.8, 4) is 34.3 Å². The van der Waals surface area contributed by atoms with E-state index in [1.807, 2.05) is 121 Å². The third-order valence-electron chi connectivity index (χ3n) is 9.40. The van der Waals surface area contributed by atoms with E-state index in [0.29, 0.717) is 40.4 Å². The Morgan fingerprint density at radius 2 is 0.983 bits per heavy atom. The predicted molar refractivity (Wildman–Crippen MR) is 225 cm³/mol. The lowest BCUT2D eigenvalue weighted by molar-refractivity contribution is 0.102. The number of anilines is 1. The van der Waals surface area contributed by atoms with Crippen molar-refractivity contribution in [1.29, 1.82) is 0 Å². The minimum atomic E-state index is -0.583. The van der Waals surface area contributed by atoms with Gasteiger partial charge in [0.15, 0.2) is 28.8 Å². The van der Waals surface area contributed by atoms with Gasteiger partial charge in [-0.15, -0.1) is 0 Å². The molecule has 0 atom stereocenters. The highest BCUT2D eigenvalue weighted by atomic mass is 16.5.